The summed E-state index contributed by atoms with van der Waals surface area (Å²) in [6, 6.07) is 21.1. The number of halogens is 1. The molecule has 0 radical (unpaired) electrons. The normalized spacial score (nSPS) is 10.7. The molecule has 1 amide bonds. The van der Waals surface area contributed by atoms with E-state index < -0.39 is 0 Å². The number of benzene rings is 3. The average molecular weight is 405 g/mol. The van der Waals surface area contributed by atoms with Crippen LogP contribution in [0.3, 0.4) is 0 Å². The molecule has 0 bridgehead atoms. The highest BCUT2D eigenvalue weighted by atomic mass is 35.5. The molecule has 29 heavy (non-hydrogen) atoms. The number of nitrogens with one attached hydrogen (secondary N) is 1. The minimum atomic E-state index is -0.328. The number of rotatable bonds is 4. The highest BCUT2D eigenvalue weighted by molar-refractivity contribution is 6.31. The van der Waals surface area contributed by atoms with Gasteiger partial charge in [0.2, 0.25) is 0 Å². The maximum Gasteiger partial charge on any atom is 0.262 e. The molecule has 6 heteroatoms. The molecule has 0 unspecified atom stereocenters. The van der Waals surface area contributed by atoms with Gasteiger partial charge in [-0.25, -0.2) is 0 Å². The quantitative estimate of drug-likeness (QED) is 0.526. The largest absolute Gasteiger partial charge is 0.497 e. The summed E-state index contributed by atoms with van der Waals surface area (Å²) in [4.78, 5) is 26.1. The number of nitrogens with zero attached hydrogens (tertiary/aromatic N) is 1. The molecule has 5 nitrogen and oxygen atoms in total. The van der Waals surface area contributed by atoms with Gasteiger partial charge in [-0.2, -0.15) is 0 Å². The third-order valence-electron chi connectivity index (χ3n) is 4.60. The molecule has 4 rings (SSSR count). The van der Waals surface area contributed by atoms with E-state index in [1.54, 1.807) is 86.1 Å². The molecule has 1 N–H and O–H groups in total. The minimum Gasteiger partial charge on any atom is -0.497 e. The van der Waals surface area contributed by atoms with Crippen LogP contribution in [0.25, 0.3) is 16.5 Å². The van der Waals surface area contributed by atoms with Crippen molar-refractivity contribution in [1.29, 1.82) is 0 Å². The number of methoxy groups -OCH3 is 1. The zero-order chi connectivity index (χ0) is 20.4. The van der Waals surface area contributed by atoms with Crippen molar-refractivity contribution in [2.45, 2.75) is 0 Å². The fraction of sp³-hybridized carbons (Fsp3) is 0.0435. The molecule has 0 saturated heterocycles. The molecular weight excluding hydrogens is 388 g/mol. The van der Waals surface area contributed by atoms with Crippen molar-refractivity contribution in [3.63, 3.8) is 0 Å². The molecule has 0 fully saturated rings. The Morgan fingerprint density at radius 3 is 2.38 bits per heavy atom. The standard InChI is InChI=1S/C23H17ClN2O3/c1-29-18-11-9-17(10-12-18)26-14-21(19-7-2-3-8-20(19)23(26)28)22(27)25-16-6-4-5-15(24)13-16/h2-14H,1H3,(H,25,27). The molecule has 0 atom stereocenters. The Bertz CT molecular complexity index is 1260. The zero-order valence-electron chi connectivity index (χ0n) is 15.6. The first-order valence-electron chi connectivity index (χ1n) is 8.92. The van der Waals surface area contributed by atoms with Gasteiger partial charge in [0.15, 0.2) is 0 Å². The number of hydrogen-bond donors (Lipinski definition) is 1. The summed E-state index contributed by atoms with van der Waals surface area (Å²) in [5, 5.41) is 4.42. The van der Waals surface area contributed by atoms with Gasteiger partial charge < -0.3 is 10.1 Å². The van der Waals surface area contributed by atoms with Crippen LogP contribution >= 0.6 is 11.6 Å². The van der Waals surface area contributed by atoms with E-state index in [0.717, 1.165) is 0 Å². The van der Waals surface area contributed by atoms with Crippen molar-refractivity contribution in [1.82, 2.24) is 4.57 Å². The molecule has 3 aromatic carbocycles. The highest BCUT2D eigenvalue weighted by Crippen LogP contribution is 2.21. The summed E-state index contributed by atoms with van der Waals surface area (Å²) in [5.41, 5.74) is 1.40. The van der Waals surface area contributed by atoms with E-state index in [2.05, 4.69) is 5.32 Å². The zero-order valence-corrected chi connectivity index (χ0v) is 16.3. The Labute approximate surface area is 172 Å². The van der Waals surface area contributed by atoms with Crippen LogP contribution < -0.4 is 15.6 Å². The smallest absolute Gasteiger partial charge is 0.262 e. The summed E-state index contributed by atoms with van der Waals surface area (Å²) >= 11 is 6.01. The van der Waals surface area contributed by atoms with E-state index in [1.165, 1.54) is 4.57 Å². The van der Waals surface area contributed by atoms with Gasteiger partial charge in [-0.15, -0.1) is 0 Å². The first-order chi connectivity index (χ1) is 14.1. The first-order valence-corrected chi connectivity index (χ1v) is 9.30. The van der Waals surface area contributed by atoms with Crippen LogP contribution in [-0.2, 0) is 0 Å². The van der Waals surface area contributed by atoms with Gasteiger partial charge in [0.25, 0.3) is 11.5 Å². The van der Waals surface area contributed by atoms with Gasteiger partial charge in [-0.3, -0.25) is 14.2 Å². The van der Waals surface area contributed by atoms with Crippen molar-refractivity contribution in [2.75, 3.05) is 12.4 Å². The van der Waals surface area contributed by atoms with Crippen LogP contribution in [0.2, 0.25) is 5.02 Å². The summed E-state index contributed by atoms with van der Waals surface area (Å²) < 4.78 is 6.65. The highest BCUT2D eigenvalue weighted by Gasteiger charge is 2.16. The van der Waals surface area contributed by atoms with Gasteiger partial charge in [0.1, 0.15) is 5.75 Å². The van der Waals surface area contributed by atoms with E-state index in [1.807, 2.05) is 0 Å². The minimum absolute atomic E-state index is 0.204. The molecule has 0 aliphatic heterocycles. The number of carbonyl (C=O) groups excluding carboxylic acids is 1. The maximum absolute atomic E-state index is 13.0. The maximum atomic E-state index is 13.0. The van der Waals surface area contributed by atoms with E-state index in [9.17, 15) is 9.59 Å². The molecule has 144 valence electrons. The monoisotopic (exact) mass is 404 g/mol. The lowest BCUT2D eigenvalue weighted by atomic mass is 10.1. The molecule has 0 aliphatic carbocycles. The van der Waals surface area contributed by atoms with Crippen molar-refractivity contribution in [3.8, 4) is 11.4 Å². The number of anilines is 1. The molecule has 0 aliphatic rings. The third-order valence-corrected chi connectivity index (χ3v) is 4.84. The van der Waals surface area contributed by atoms with E-state index in [0.29, 0.717) is 38.5 Å². The van der Waals surface area contributed by atoms with E-state index >= 15 is 0 Å². The first kappa shape index (κ1) is 18.8. The number of pyridine rings is 1. The Kier molecular flexibility index (Phi) is 5.06. The number of hydrogen-bond acceptors (Lipinski definition) is 3. The van der Waals surface area contributed by atoms with Crippen LogP contribution in [0.5, 0.6) is 5.75 Å². The van der Waals surface area contributed by atoms with Crippen molar-refractivity contribution in [3.05, 3.63) is 99.9 Å². The fourth-order valence-electron chi connectivity index (χ4n) is 3.17. The molecule has 0 spiro atoms. The summed E-state index contributed by atoms with van der Waals surface area (Å²) in [6.07, 6.45) is 1.56. The summed E-state index contributed by atoms with van der Waals surface area (Å²) in [7, 11) is 1.58. The van der Waals surface area contributed by atoms with Gasteiger partial charge in [-0.05, 0) is 48.5 Å². The van der Waals surface area contributed by atoms with Crippen LogP contribution in [0.4, 0.5) is 5.69 Å². The average Bonchev–Trinajstić information content (AvgIpc) is 2.74. The second-order valence-electron chi connectivity index (χ2n) is 6.43. The van der Waals surface area contributed by atoms with Crippen LogP contribution in [-0.4, -0.2) is 17.6 Å². The van der Waals surface area contributed by atoms with Crippen LogP contribution in [0.1, 0.15) is 10.4 Å². The lowest BCUT2D eigenvalue weighted by Crippen LogP contribution is -2.22. The predicted molar refractivity (Wildman–Crippen MR) is 116 cm³/mol. The molecule has 1 aromatic heterocycles. The van der Waals surface area contributed by atoms with E-state index in [-0.39, 0.29) is 11.5 Å². The topological polar surface area (TPSA) is 60.3 Å². The van der Waals surface area contributed by atoms with Gasteiger partial charge in [-0.1, -0.05) is 35.9 Å². The molecular formula is C23H17ClN2O3. The van der Waals surface area contributed by atoms with Gasteiger partial charge in [0, 0.05) is 33.4 Å². The summed E-state index contributed by atoms with van der Waals surface area (Å²) in [6.45, 7) is 0. The fourth-order valence-corrected chi connectivity index (χ4v) is 3.36. The number of carbonyl (C=O) groups is 1. The molecule has 4 aromatic rings. The second-order valence-corrected chi connectivity index (χ2v) is 6.86. The Balaban J connectivity index is 1.85. The molecule has 1 heterocycles. The lowest BCUT2D eigenvalue weighted by Gasteiger charge is -2.13. The van der Waals surface area contributed by atoms with Crippen molar-refractivity contribution in [2.24, 2.45) is 0 Å². The van der Waals surface area contributed by atoms with Crippen molar-refractivity contribution >= 4 is 34.0 Å². The van der Waals surface area contributed by atoms with Crippen LogP contribution in [0.15, 0.2) is 83.8 Å². The third kappa shape index (κ3) is 3.73. The summed E-state index contributed by atoms with van der Waals surface area (Å²) in [5.74, 6) is 0.354. The predicted octanol–water partition coefficient (Wildman–Crippen LogP) is 4.91. The Morgan fingerprint density at radius 1 is 0.966 bits per heavy atom. The van der Waals surface area contributed by atoms with Gasteiger partial charge >= 0.3 is 0 Å². The number of ether oxygens (including phenoxy) is 1. The number of fused-ring (bicyclic) bond motifs is 1. The Hall–Kier alpha value is -3.57. The second kappa shape index (κ2) is 7.81. The Morgan fingerprint density at radius 2 is 1.69 bits per heavy atom. The van der Waals surface area contributed by atoms with Crippen LogP contribution in [0, 0.1) is 0 Å². The van der Waals surface area contributed by atoms with Gasteiger partial charge in [0.05, 0.1) is 12.7 Å². The van der Waals surface area contributed by atoms with Crippen molar-refractivity contribution < 1.29 is 9.53 Å². The van der Waals surface area contributed by atoms with E-state index in [4.69, 9.17) is 16.3 Å². The number of amides is 1. The lowest BCUT2D eigenvalue weighted by molar-refractivity contribution is 0.102. The SMILES string of the molecule is COc1ccc(-n2cc(C(=O)Nc3cccc(Cl)c3)c3ccccc3c2=O)cc1. The number of aromatic nitrogens is 1. The molecule has 0 saturated carbocycles.